The van der Waals surface area contributed by atoms with Crippen molar-refractivity contribution in [3.8, 4) is 17.6 Å². The van der Waals surface area contributed by atoms with Crippen molar-refractivity contribution in [2.45, 2.75) is 13.8 Å². The van der Waals surface area contributed by atoms with Crippen molar-refractivity contribution in [2.24, 2.45) is 0 Å². The van der Waals surface area contributed by atoms with E-state index in [9.17, 15) is 9.59 Å². The Morgan fingerprint density at radius 1 is 1.15 bits per heavy atom. The van der Waals surface area contributed by atoms with Gasteiger partial charge in [-0.25, -0.2) is 9.59 Å². The molecular formula is C21H19NO5. The predicted octanol–water partition coefficient (Wildman–Crippen LogP) is 3.69. The molecule has 0 aliphatic rings. The zero-order chi connectivity index (χ0) is 19.8. The number of ether oxygens (including phenoxy) is 3. The number of rotatable bonds is 6. The molecular weight excluding hydrogens is 346 g/mol. The second-order valence-electron chi connectivity index (χ2n) is 5.56. The van der Waals surface area contributed by atoms with Crippen LogP contribution in [0, 0.1) is 18.3 Å². The first-order valence-corrected chi connectivity index (χ1v) is 8.24. The number of esters is 2. The summed E-state index contributed by atoms with van der Waals surface area (Å²) in [6.07, 6.45) is 1.38. The smallest absolute Gasteiger partial charge is 0.348 e. The van der Waals surface area contributed by atoms with Gasteiger partial charge in [-0.05, 0) is 49.8 Å². The van der Waals surface area contributed by atoms with Crippen LogP contribution in [0.1, 0.15) is 28.4 Å². The highest BCUT2D eigenvalue weighted by atomic mass is 16.6. The largest absolute Gasteiger partial charge is 0.493 e. The van der Waals surface area contributed by atoms with Crippen molar-refractivity contribution in [1.82, 2.24) is 0 Å². The van der Waals surface area contributed by atoms with Gasteiger partial charge in [0.05, 0.1) is 19.3 Å². The molecule has 0 saturated heterocycles. The molecule has 0 heterocycles. The monoisotopic (exact) mass is 365 g/mol. The second kappa shape index (κ2) is 9.20. The van der Waals surface area contributed by atoms with Crippen LogP contribution in [0.3, 0.4) is 0 Å². The summed E-state index contributed by atoms with van der Waals surface area (Å²) in [5.74, 6) is -0.680. The first-order valence-electron chi connectivity index (χ1n) is 8.24. The van der Waals surface area contributed by atoms with E-state index in [1.807, 2.05) is 13.0 Å². The molecule has 0 aliphatic heterocycles. The van der Waals surface area contributed by atoms with E-state index in [1.54, 1.807) is 49.4 Å². The Kier molecular flexibility index (Phi) is 6.73. The van der Waals surface area contributed by atoms with E-state index in [4.69, 9.17) is 19.5 Å². The third kappa shape index (κ3) is 5.19. The molecule has 0 bridgehead atoms. The maximum atomic E-state index is 12.3. The minimum Gasteiger partial charge on any atom is -0.493 e. The van der Waals surface area contributed by atoms with Crippen LogP contribution in [0.4, 0.5) is 0 Å². The number of carbonyl (C=O) groups excluding carboxylic acids is 2. The molecule has 27 heavy (non-hydrogen) atoms. The SMILES string of the molecule is CCOC(=O)/C(C#N)=C/c1ccc(OC(=O)c2cccc(C)c2)c(OC)c1. The van der Waals surface area contributed by atoms with Gasteiger partial charge in [-0.15, -0.1) is 0 Å². The number of hydrogen-bond acceptors (Lipinski definition) is 6. The summed E-state index contributed by atoms with van der Waals surface area (Å²) in [6, 6.07) is 13.6. The van der Waals surface area contributed by atoms with Gasteiger partial charge in [-0.3, -0.25) is 0 Å². The van der Waals surface area contributed by atoms with Crippen molar-refractivity contribution in [1.29, 1.82) is 5.26 Å². The first kappa shape index (κ1) is 19.7. The van der Waals surface area contributed by atoms with Gasteiger partial charge in [-0.2, -0.15) is 5.26 Å². The standard InChI is InChI=1S/C21H19NO5/c1-4-26-20(23)17(13-22)11-15-8-9-18(19(12-15)25-3)27-21(24)16-7-5-6-14(2)10-16/h5-12H,4H2,1-3H3/b17-11+. The average Bonchev–Trinajstić information content (AvgIpc) is 2.67. The summed E-state index contributed by atoms with van der Waals surface area (Å²) in [5, 5.41) is 9.11. The minimum atomic E-state index is -0.700. The highest BCUT2D eigenvalue weighted by Gasteiger charge is 2.14. The van der Waals surface area contributed by atoms with Crippen molar-refractivity contribution >= 4 is 18.0 Å². The number of nitriles is 1. The molecule has 0 spiro atoms. The number of aryl methyl sites for hydroxylation is 1. The van der Waals surface area contributed by atoms with E-state index >= 15 is 0 Å². The summed E-state index contributed by atoms with van der Waals surface area (Å²) in [6.45, 7) is 3.72. The van der Waals surface area contributed by atoms with Crippen molar-refractivity contribution in [3.05, 3.63) is 64.7 Å². The predicted molar refractivity (Wildman–Crippen MR) is 99.4 cm³/mol. The molecule has 0 radical (unpaired) electrons. The second-order valence-corrected chi connectivity index (χ2v) is 5.56. The van der Waals surface area contributed by atoms with Crippen molar-refractivity contribution in [3.63, 3.8) is 0 Å². The minimum absolute atomic E-state index is 0.136. The lowest BCUT2D eigenvalue weighted by molar-refractivity contribution is -0.137. The third-order valence-corrected chi connectivity index (χ3v) is 3.57. The van der Waals surface area contributed by atoms with Crippen molar-refractivity contribution in [2.75, 3.05) is 13.7 Å². The lowest BCUT2D eigenvalue weighted by Gasteiger charge is -2.10. The van der Waals surface area contributed by atoms with Crippen LogP contribution in [0.15, 0.2) is 48.0 Å². The molecule has 0 fully saturated rings. The molecule has 0 N–H and O–H groups in total. The lowest BCUT2D eigenvalue weighted by atomic mass is 10.1. The first-order chi connectivity index (χ1) is 13.0. The van der Waals surface area contributed by atoms with E-state index < -0.39 is 11.9 Å². The maximum Gasteiger partial charge on any atom is 0.348 e. The van der Waals surface area contributed by atoms with Gasteiger partial charge in [0, 0.05) is 0 Å². The molecule has 0 atom stereocenters. The maximum absolute atomic E-state index is 12.3. The van der Waals surface area contributed by atoms with Gasteiger partial charge in [0.1, 0.15) is 11.6 Å². The molecule has 0 aromatic heterocycles. The van der Waals surface area contributed by atoms with Crippen LogP contribution in [0.5, 0.6) is 11.5 Å². The summed E-state index contributed by atoms with van der Waals surface area (Å²) in [4.78, 5) is 24.0. The van der Waals surface area contributed by atoms with Crippen LogP contribution in [-0.2, 0) is 9.53 Å². The molecule has 0 saturated carbocycles. The summed E-state index contributed by atoms with van der Waals surface area (Å²) in [5.41, 5.74) is 1.77. The quantitative estimate of drug-likeness (QED) is 0.336. The zero-order valence-electron chi connectivity index (χ0n) is 15.3. The van der Waals surface area contributed by atoms with E-state index in [-0.39, 0.29) is 17.9 Å². The number of benzene rings is 2. The van der Waals surface area contributed by atoms with Crippen LogP contribution in [0.2, 0.25) is 0 Å². The van der Waals surface area contributed by atoms with E-state index in [0.717, 1.165) is 5.56 Å². The summed E-state index contributed by atoms with van der Waals surface area (Å²) >= 11 is 0. The lowest BCUT2D eigenvalue weighted by Crippen LogP contribution is -2.09. The van der Waals surface area contributed by atoms with Gasteiger partial charge >= 0.3 is 11.9 Å². The molecule has 2 aromatic carbocycles. The molecule has 2 aromatic rings. The number of hydrogen-bond donors (Lipinski definition) is 0. The summed E-state index contributed by atoms with van der Waals surface area (Å²) < 4.78 is 15.5. The number of carbonyl (C=O) groups is 2. The molecule has 6 nitrogen and oxygen atoms in total. The Labute approximate surface area is 157 Å². The molecule has 0 aliphatic carbocycles. The normalized spacial score (nSPS) is 10.7. The number of nitrogens with zero attached hydrogens (tertiary/aromatic N) is 1. The molecule has 6 heteroatoms. The van der Waals surface area contributed by atoms with Crippen LogP contribution in [0.25, 0.3) is 6.08 Å². The van der Waals surface area contributed by atoms with Gasteiger partial charge < -0.3 is 14.2 Å². The van der Waals surface area contributed by atoms with Gasteiger partial charge in [0.25, 0.3) is 0 Å². The van der Waals surface area contributed by atoms with Crippen LogP contribution in [-0.4, -0.2) is 25.7 Å². The molecule has 2 rings (SSSR count). The van der Waals surface area contributed by atoms with Crippen LogP contribution < -0.4 is 9.47 Å². The molecule has 0 amide bonds. The van der Waals surface area contributed by atoms with E-state index in [2.05, 4.69) is 0 Å². The van der Waals surface area contributed by atoms with Gasteiger partial charge in [0.15, 0.2) is 11.5 Å². The summed E-state index contributed by atoms with van der Waals surface area (Å²) in [7, 11) is 1.43. The fraction of sp³-hybridized carbons (Fsp3) is 0.190. The Hall–Kier alpha value is -3.59. The van der Waals surface area contributed by atoms with Gasteiger partial charge in [-0.1, -0.05) is 23.8 Å². The highest BCUT2D eigenvalue weighted by Crippen LogP contribution is 2.29. The Morgan fingerprint density at radius 3 is 2.56 bits per heavy atom. The Balaban J connectivity index is 2.27. The fourth-order valence-corrected chi connectivity index (χ4v) is 2.30. The van der Waals surface area contributed by atoms with Crippen LogP contribution >= 0.6 is 0 Å². The van der Waals surface area contributed by atoms with E-state index in [1.165, 1.54) is 13.2 Å². The average molecular weight is 365 g/mol. The van der Waals surface area contributed by atoms with Gasteiger partial charge in [0.2, 0.25) is 0 Å². The van der Waals surface area contributed by atoms with E-state index in [0.29, 0.717) is 16.9 Å². The Morgan fingerprint density at radius 2 is 1.93 bits per heavy atom. The molecule has 0 unspecified atom stereocenters. The third-order valence-electron chi connectivity index (χ3n) is 3.57. The fourth-order valence-electron chi connectivity index (χ4n) is 2.30. The Bertz CT molecular complexity index is 924. The number of methoxy groups -OCH3 is 1. The topological polar surface area (TPSA) is 85.6 Å². The zero-order valence-corrected chi connectivity index (χ0v) is 15.3. The highest BCUT2D eigenvalue weighted by molar-refractivity contribution is 5.98. The molecule has 138 valence electrons. The van der Waals surface area contributed by atoms with Crippen molar-refractivity contribution < 1.29 is 23.8 Å².